The first-order valence-corrected chi connectivity index (χ1v) is 16.4. The third-order valence-corrected chi connectivity index (χ3v) is 9.04. The molecular weight excluding hydrogens is 632 g/mol. The maximum Gasteiger partial charge on any atom is 0.343 e. The lowest BCUT2D eigenvalue weighted by molar-refractivity contribution is -0.143. The van der Waals surface area contributed by atoms with Gasteiger partial charge in [-0.15, -0.1) is 0 Å². The summed E-state index contributed by atoms with van der Waals surface area (Å²) in [5.74, 6) is -0.431. The smallest absolute Gasteiger partial charge is 0.343 e. The van der Waals surface area contributed by atoms with E-state index in [1.54, 1.807) is 32.0 Å². The van der Waals surface area contributed by atoms with Gasteiger partial charge in [0.15, 0.2) is 22.9 Å². The fourth-order valence-corrected chi connectivity index (χ4v) is 6.79. The normalized spacial score (nSPS) is 14.3. The van der Waals surface area contributed by atoms with Crippen molar-refractivity contribution in [1.29, 1.82) is 0 Å². The van der Waals surface area contributed by atoms with E-state index in [2.05, 4.69) is 39.8 Å². The topological polar surface area (TPSA) is 114 Å². The van der Waals surface area contributed by atoms with E-state index in [0.29, 0.717) is 38.7 Å². The van der Waals surface area contributed by atoms with Crippen LogP contribution in [0.2, 0.25) is 0 Å². The van der Waals surface area contributed by atoms with Crippen molar-refractivity contribution in [2.75, 3.05) is 45.9 Å². The van der Waals surface area contributed by atoms with Crippen LogP contribution in [0.1, 0.15) is 49.3 Å². The minimum absolute atomic E-state index is 0.157. The molecule has 48 heavy (non-hydrogen) atoms. The van der Waals surface area contributed by atoms with Crippen LogP contribution in [0, 0.1) is 13.8 Å². The minimum Gasteiger partial charge on any atom is -0.490 e. The third-order valence-electron chi connectivity index (χ3n) is 8.05. The van der Waals surface area contributed by atoms with Crippen LogP contribution in [0.3, 0.4) is 0 Å². The van der Waals surface area contributed by atoms with Gasteiger partial charge >= 0.3 is 11.9 Å². The molecule has 0 spiro atoms. The first-order valence-electron chi connectivity index (χ1n) is 15.6. The second-order valence-electron chi connectivity index (χ2n) is 11.4. The molecule has 0 saturated carbocycles. The van der Waals surface area contributed by atoms with E-state index in [0.717, 1.165) is 28.3 Å². The molecule has 1 aliphatic rings. The van der Waals surface area contributed by atoms with Crippen LogP contribution in [0.25, 0.3) is 11.8 Å². The van der Waals surface area contributed by atoms with E-state index in [9.17, 15) is 14.4 Å². The Morgan fingerprint density at radius 2 is 1.71 bits per heavy atom. The molecular formula is C36H40N4O7S. The number of allylic oxidation sites excluding steroid dienone is 1. The van der Waals surface area contributed by atoms with Crippen molar-refractivity contribution in [2.45, 2.75) is 40.7 Å². The lowest BCUT2D eigenvalue weighted by Gasteiger charge is -2.25. The number of hydrogen-bond donors (Lipinski definition) is 0. The Kier molecular flexibility index (Phi) is 10.2. The number of anilines is 1. The predicted octanol–water partition coefficient (Wildman–Crippen LogP) is 4.22. The van der Waals surface area contributed by atoms with Gasteiger partial charge in [-0.25, -0.2) is 14.6 Å². The zero-order valence-corrected chi connectivity index (χ0v) is 29.3. The SMILES string of the molecule is CCOC(=O)C1=C(C)N=c2s/c(=C\c3cc(C)n(-c4ccc(N(C)C)cc4)c3C)c(=O)n2[C@H]1c1ccc(OCC(=O)OC)c(OCC)c1. The van der Waals surface area contributed by atoms with Crippen LogP contribution in [0.15, 0.2) is 69.6 Å². The molecule has 12 heteroatoms. The van der Waals surface area contributed by atoms with E-state index in [4.69, 9.17) is 23.9 Å². The average Bonchev–Trinajstić information content (AvgIpc) is 3.52. The molecule has 5 rings (SSSR count). The molecule has 3 heterocycles. The highest BCUT2D eigenvalue weighted by molar-refractivity contribution is 7.07. The minimum atomic E-state index is -0.848. The number of hydrogen-bond acceptors (Lipinski definition) is 10. The summed E-state index contributed by atoms with van der Waals surface area (Å²) >= 11 is 1.26. The van der Waals surface area contributed by atoms with Crippen LogP contribution >= 0.6 is 11.3 Å². The molecule has 0 unspecified atom stereocenters. The van der Waals surface area contributed by atoms with E-state index in [1.165, 1.54) is 23.0 Å². The van der Waals surface area contributed by atoms with Crippen molar-refractivity contribution >= 4 is 35.0 Å². The second-order valence-corrected chi connectivity index (χ2v) is 12.4. The Morgan fingerprint density at radius 1 is 0.979 bits per heavy atom. The number of fused-ring (bicyclic) bond motifs is 1. The van der Waals surface area contributed by atoms with Crippen molar-refractivity contribution in [1.82, 2.24) is 9.13 Å². The number of rotatable bonds is 11. The molecule has 2 aromatic heterocycles. The second kappa shape index (κ2) is 14.3. The fraction of sp³-hybridized carbons (Fsp3) is 0.333. The molecule has 0 amide bonds. The molecule has 4 aromatic rings. The molecule has 0 bridgehead atoms. The zero-order valence-electron chi connectivity index (χ0n) is 28.4. The van der Waals surface area contributed by atoms with Crippen molar-refractivity contribution in [3.63, 3.8) is 0 Å². The van der Waals surface area contributed by atoms with Crippen molar-refractivity contribution in [2.24, 2.45) is 4.99 Å². The summed E-state index contributed by atoms with van der Waals surface area (Å²) in [5, 5.41) is 0. The van der Waals surface area contributed by atoms with E-state index in [-0.39, 0.29) is 24.3 Å². The number of aromatic nitrogens is 2. The van der Waals surface area contributed by atoms with Gasteiger partial charge in [0.05, 0.1) is 42.2 Å². The van der Waals surface area contributed by atoms with Crippen molar-refractivity contribution in [3.05, 3.63) is 102 Å². The number of aryl methyl sites for hydroxylation is 1. The van der Waals surface area contributed by atoms with Gasteiger partial charge in [0.25, 0.3) is 5.56 Å². The standard InChI is InChI=1S/C36H40N4O7S/c1-9-45-29-18-24(11-16-28(29)47-20-31(41)44-8)33-32(35(43)46-10-2)22(4)37-36-40(33)34(42)30(48-36)19-25-17-21(3)39(23(25)5)27-14-12-26(13-15-27)38(6)7/h11-19,33H,9-10,20H2,1-8H3/b30-19-/t33-/m0/s1. The van der Waals surface area contributed by atoms with Gasteiger partial charge in [0.1, 0.15) is 0 Å². The third kappa shape index (κ3) is 6.66. The van der Waals surface area contributed by atoms with Gasteiger partial charge in [0.2, 0.25) is 0 Å². The van der Waals surface area contributed by atoms with Crippen molar-refractivity contribution < 1.29 is 28.5 Å². The largest absolute Gasteiger partial charge is 0.490 e. The Bertz CT molecular complexity index is 2070. The molecule has 0 radical (unpaired) electrons. The first-order chi connectivity index (χ1) is 23.0. The molecule has 0 saturated heterocycles. The van der Waals surface area contributed by atoms with E-state index in [1.807, 2.05) is 40.9 Å². The van der Waals surface area contributed by atoms with Crippen LogP contribution < -0.4 is 29.3 Å². The Hall–Kier alpha value is -5.10. The average molecular weight is 673 g/mol. The monoisotopic (exact) mass is 672 g/mol. The van der Waals surface area contributed by atoms with Gasteiger partial charge in [-0.05, 0) is 94.3 Å². The number of thiazole rings is 1. The maximum atomic E-state index is 14.3. The first kappa shape index (κ1) is 34.2. The van der Waals surface area contributed by atoms with Gasteiger partial charge in [-0.1, -0.05) is 17.4 Å². The number of methoxy groups -OCH3 is 1. The highest BCUT2D eigenvalue weighted by atomic mass is 32.1. The molecule has 2 aromatic carbocycles. The Balaban J connectivity index is 1.64. The summed E-state index contributed by atoms with van der Waals surface area (Å²) < 4.78 is 25.8. The highest BCUT2D eigenvalue weighted by Crippen LogP contribution is 2.36. The van der Waals surface area contributed by atoms with Crippen LogP contribution in [0.4, 0.5) is 5.69 Å². The molecule has 1 aliphatic heterocycles. The summed E-state index contributed by atoms with van der Waals surface area (Å²) in [6.45, 7) is 9.53. The van der Waals surface area contributed by atoms with E-state index < -0.39 is 18.0 Å². The molecule has 11 nitrogen and oxygen atoms in total. The van der Waals surface area contributed by atoms with Gasteiger partial charge in [-0.3, -0.25) is 9.36 Å². The molecule has 252 valence electrons. The predicted molar refractivity (Wildman–Crippen MR) is 185 cm³/mol. The molecule has 1 atom stereocenters. The van der Waals surface area contributed by atoms with E-state index >= 15 is 0 Å². The lowest BCUT2D eigenvalue weighted by Crippen LogP contribution is -2.40. The number of nitrogens with zero attached hydrogens (tertiary/aromatic N) is 4. The Labute approximate surface area is 283 Å². The summed E-state index contributed by atoms with van der Waals surface area (Å²) in [6.07, 6.45) is 1.88. The summed E-state index contributed by atoms with van der Waals surface area (Å²) in [6, 6.07) is 14.6. The number of ether oxygens (including phenoxy) is 4. The van der Waals surface area contributed by atoms with Crippen LogP contribution in [-0.2, 0) is 19.1 Å². The molecule has 0 aliphatic carbocycles. The summed E-state index contributed by atoms with van der Waals surface area (Å²) in [4.78, 5) is 46.6. The molecule has 0 fully saturated rings. The van der Waals surface area contributed by atoms with Gasteiger partial charge in [0, 0.05) is 36.9 Å². The van der Waals surface area contributed by atoms with Crippen molar-refractivity contribution in [3.8, 4) is 17.2 Å². The molecule has 0 N–H and O–H groups in total. The summed E-state index contributed by atoms with van der Waals surface area (Å²) in [5.41, 5.74) is 6.05. The fourth-order valence-electron chi connectivity index (χ4n) is 5.76. The number of benzene rings is 2. The van der Waals surface area contributed by atoms with Gasteiger partial charge in [-0.2, -0.15) is 0 Å². The number of carbonyl (C=O) groups excluding carboxylic acids is 2. The van der Waals surface area contributed by atoms with Crippen LogP contribution in [-0.4, -0.2) is 62.1 Å². The Morgan fingerprint density at radius 3 is 2.35 bits per heavy atom. The summed E-state index contributed by atoms with van der Waals surface area (Å²) in [7, 11) is 5.29. The number of esters is 2. The number of carbonyl (C=O) groups is 2. The maximum absolute atomic E-state index is 14.3. The van der Waals surface area contributed by atoms with Crippen LogP contribution in [0.5, 0.6) is 11.5 Å². The zero-order chi connectivity index (χ0) is 34.7. The quantitative estimate of drug-likeness (QED) is 0.218. The lowest BCUT2D eigenvalue weighted by atomic mass is 9.95. The van der Waals surface area contributed by atoms with Gasteiger partial charge < -0.3 is 28.4 Å². The highest BCUT2D eigenvalue weighted by Gasteiger charge is 2.34.